The Hall–Kier alpha value is -1.14. The van der Waals surface area contributed by atoms with Crippen molar-refractivity contribution in [3.63, 3.8) is 0 Å². The maximum absolute atomic E-state index is 10.9. The number of nitrogens with zero attached hydrogens (tertiary/aromatic N) is 1. The number of hydrogen-bond donors (Lipinski definition) is 3. The second kappa shape index (κ2) is 5.81. The van der Waals surface area contributed by atoms with Crippen LogP contribution in [0, 0.1) is 5.92 Å². The number of carbonyl (C=O) groups is 2. The zero-order chi connectivity index (χ0) is 12.1. The molecule has 1 aliphatic rings. The number of piperidine rings is 1. The zero-order valence-corrected chi connectivity index (χ0v) is 9.35. The lowest BCUT2D eigenvalue weighted by Crippen LogP contribution is -2.52. The van der Waals surface area contributed by atoms with Crippen LogP contribution < -0.4 is 5.32 Å². The number of aliphatic hydroxyl groups is 1. The molecule has 0 aromatic rings. The monoisotopic (exact) mass is 230 g/mol. The molecule has 16 heavy (non-hydrogen) atoms. The fraction of sp³-hybridized carbons (Fsp3) is 0.800. The lowest BCUT2D eigenvalue weighted by Gasteiger charge is -2.35. The van der Waals surface area contributed by atoms with Gasteiger partial charge >= 0.3 is 5.97 Å². The standard InChI is InChI=1S/C10H18N2O4/c1-7(14)11-9-4-8(10(15)16)5-12(6-9)2-3-13/h8-9,13H,2-6H2,1H3,(H,11,14)(H,15,16). The van der Waals surface area contributed by atoms with E-state index in [-0.39, 0.29) is 18.6 Å². The van der Waals surface area contributed by atoms with E-state index in [1.165, 1.54) is 6.92 Å². The predicted molar refractivity (Wildman–Crippen MR) is 56.9 cm³/mol. The number of carbonyl (C=O) groups excluding carboxylic acids is 1. The third-order valence-corrected chi connectivity index (χ3v) is 2.70. The van der Waals surface area contributed by atoms with Crippen molar-refractivity contribution in [2.24, 2.45) is 5.92 Å². The van der Waals surface area contributed by atoms with Crippen molar-refractivity contribution in [2.75, 3.05) is 26.2 Å². The van der Waals surface area contributed by atoms with Crippen molar-refractivity contribution in [3.05, 3.63) is 0 Å². The van der Waals surface area contributed by atoms with Gasteiger partial charge in [-0.3, -0.25) is 14.5 Å². The van der Waals surface area contributed by atoms with E-state index in [0.717, 1.165) is 0 Å². The third kappa shape index (κ3) is 3.79. The first-order valence-electron chi connectivity index (χ1n) is 5.36. The van der Waals surface area contributed by atoms with Crippen molar-refractivity contribution in [3.8, 4) is 0 Å². The molecule has 0 aromatic heterocycles. The van der Waals surface area contributed by atoms with Gasteiger partial charge in [-0.15, -0.1) is 0 Å². The molecule has 6 heteroatoms. The maximum atomic E-state index is 10.9. The predicted octanol–water partition coefficient (Wildman–Crippen LogP) is -1.11. The van der Waals surface area contributed by atoms with E-state index in [0.29, 0.717) is 26.1 Å². The van der Waals surface area contributed by atoms with Gasteiger partial charge in [-0.25, -0.2) is 0 Å². The Kier molecular flexibility index (Phi) is 4.70. The van der Waals surface area contributed by atoms with E-state index in [9.17, 15) is 9.59 Å². The Labute approximate surface area is 94.2 Å². The fourth-order valence-electron chi connectivity index (χ4n) is 2.09. The highest BCUT2D eigenvalue weighted by Crippen LogP contribution is 2.17. The van der Waals surface area contributed by atoms with E-state index in [1.54, 1.807) is 0 Å². The molecule has 1 saturated heterocycles. The van der Waals surface area contributed by atoms with E-state index in [2.05, 4.69) is 5.32 Å². The minimum absolute atomic E-state index is 0.000863. The van der Waals surface area contributed by atoms with Gasteiger partial charge in [-0.1, -0.05) is 0 Å². The molecule has 1 amide bonds. The highest BCUT2D eigenvalue weighted by atomic mass is 16.4. The fourth-order valence-corrected chi connectivity index (χ4v) is 2.09. The van der Waals surface area contributed by atoms with E-state index in [1.807, 2.05) is 4.90 Å². The van der Waals surface area contributed by atoms with Crippen LogP contribution in [0.25, 0.3) is 0 Å². The summed E-state index contributed by atoms with van der Waals surface area (Å²) in [6.07, 6.45) is 0.455. The van der Waals surface area contributed by atoms with Crippen molar-refractivity contribution in [1.29, 1.82) is 0 Å². The van der Waals surface area contributed by atoms with Gasteiger partial charge in [0.25, 0.3) is 0 Å². The number of amides is 1. The molecule has 1 fully saturated rings. The van der Waals surface area contributed by atoms with E-state index >= 15 is 0 Å². The summed E-state index contributed by atoms with van der Waals surface area (Å²) in [6.45, 7) is 2.90. The van der Waals surface area contributed by atoms with Crippen LogP contribution in [0.1, 0.15) is 13.3 Å². The molecule has 0 bridgehead atoms. The van der Waals surface area contributed by atoms with Gasteiger partial charge in [0, 0.05) is 32.6 Å². The third-order valence-electron chi connectivity index (χ3n) is 2.70. The zero-order valence-electron chi connectivity index (χ0n) is 9.35. The molecule has 6 nitrogen and oxygen atoms in total. The van der Waals surface area contributed by atoms with Crippen LogP contribution in [-0.4, -0.2) is 59.3 Å². The number of hydrogen-bond acceptors (Lipinski definition) is 4. The number of β-amino-alcohol motifs (C(OH)–C–C–N with tert-alkyl or cyclic N) is 1. The Morgan fingerprint density at radius 2 is 2.12 bits per heavy atom. The summed E-state index contributed by atoms with van der Waals surface area (Å²) in [4.78, 5) is 23.7. The number of carboxylic acid groups (broad SMARTS) is 1. The van der Waals surface area contributed by atoms with Gasteiger partial charge in [0.1, 0.15) is 0 Å². The molecule has 3 N–H and O–H groups in total. The molecular formula is C10H18N2O4. The van der Waals surface area contributed by atoms with Crippen LogP contribution >= 0.6 is 0 Å². The molecular weight excluding hydrogens is 212 g/mol. The van der Waals surface area contributed by atoms with Gasteiger partial charge < -0.3 is 15.5 Å². The van der Waals surface area contributed by atoms with Crippen LogP contribution in [0.15, 0.2) is 0 Å². The summed E-state index contributed by atoms with van der Waals surface area (Å²) in [6, 6.07) is -0.140. The summed E-state index contributed by atoms with van der Waals surface area (Å²) < 4.78 is 0. The average molecular weight is 230 g/mol. The van der Waals surface area contributed by atoms with Crippen LogP contribution in [0.4, 0.5) is 0 Å². The molecule has 0 radical (unpaired) electrons. The molecule has 0 aliphatic carbocycles. The normalized spacial score (nSPS) is 26.4. The van der Waals surface area contributed by atoms with Crippen LogP contribution in [0.5, 0.6) is 0 Å². The van der Waals surface area contributed by atoms with Crippen molar-refractivity contribution < 1.29 is 19.8 Å². The largest absolute Gasteiger partial charge is 0.481 e. The Morgan fingerprint density at radius 1 is 1.44 bits per heavy atom. The Bertz CT molecular complexity index is 270. The van der Waals surface area contributed by atoms with Gasteiger partial charge in [0.2, 0.25) is 5.91 Å². The van der Waals surface area contributed by atoms with Gasteiger partial charge in [0.15, 0.2) is 0 Å². The number of nitrogens with one attached hydrogen (secondary N) is 1. The molecule has 1 rings (SSSR count). The summed E-state index contributed by atoms with van der Waals surface area (Å²) in [5.41, 5.74) is 0. The van der Waals surface area contributed by atoms with Crippen LogP contribution in [-0.2, 0) is 9.59 Å². The smallest absolute Gasteiger partial charge is 0.307 e. The number of likely N-dealkylation sites (tertiary alicyclic amines) is 1. The first-order valence-corrected chi connectivity index (χ1v) is 5.36. The second-order valence-corrected chi connectivity index (χ2v) is 4.15. The summed E-state index contributed by atoms with van der Waals surface area (Å²) >= 11 is 0. The van der Waals surface area contributed by atoms with E-state index in [4.69, 9.17) is 10.2 Å². The topological polar surface area (TPSA) is 89.9 Å². The molecule has 2 atom stereocenters. The lowest BCUT2D eigenvalue weighted by atomic mass is 9.94. The number of aliphatic hydroxyl groups excluding tert-OH is 1. The van der Waals surface area contributed by atoms with Crippen molar-refractivity contribution in [1.82, 2.24) is 10.2 Å². The summed E-state index contributed by atoms with van der Waals surface area (Å²) in [5, 5.41) is 20.5. The number of carboxylic acids is 1. The molecule has 2 unspecified atom stereocenters. The van der Waals surface area contributed by atoms with E-state index < -0.39 is 11.9 Å². The summed E-state index contributed by atoms with van der Waals surface area (Å²) in [5.74, 6) is -1.48. The summed E-state index contributed by atoms with van der Waals surface area (Å²) in [7, 11) is 0. The van der Waals surface area contributed by atoms with Crippen LogP contribution in [0.3, 0.4) is 0 Å². The van der Waals surface area contributed by atoms with Crippen molar-refractivity contribution >= 4 is 11.9 Å². The second-order valence-electron chi connectivity index (χ2n) is 4.15. The van der Waals surface area contributed by atoms with Gasteiger partial charge in [-0.05, 0) is 6.42 Å². The quantitative estimate of drug-likeness (QED) is 0.570. The molecule has 0 spiro atoms. The minimum atomic E-state index is -0.849. The Balaban J connectivity index is 2.58. The minimum Gasteiger partial charge on any atom is -0.481 e. The SMILES string of the molecule is CC(=O)NC1CC(C(=O)O)CN(CCO)C1. The Morgan fingerprint density at radius 3 is 2.62 bits per heavy atom. The number of aliphatic carboxylic acids is 1. The molecule has 92 valence electrons. The molecule has 1 heterocycles. The van der Waals surface area contributed by atoms with Crippen LogP contribution in [0.2, 0.25) is 0 Å². The van der Waals surface area contributed by atoms with Gasteiger partial charge in [-0.2, -0.15) is 0 Å². The lowest BCUT2D eigenvalue weighted by molar-refractivity contribution is -0.144. The average Bonchev–Trinajstić information content (AvgIpc) is 2.16. The number of rotatable bonds is 4. The first kappa shape index (κ1) is 12.9. The molecule has 1 aliphatic heterocycles. The maximum Gasteiger partial charge on any atom is 0.307 e. The highest BCUT2D eigenvalue weighted by molar-refractivity contribution is 5.74. The van der Waals surface area contributed by atoms with Crippen molar-refractivity contribution in [2.45, 2.75) is 19.4 Å². The van der Waals surface area contributed by atoms with Gasteiger partial charge in [0.05, 0.1) is 12.5 Å². The molecule has 0 aromatic carbocycles. The first-order chi connectivity index (χ1) is 7.52. The highest BCUT2D eigenvalue weighted by Gasteiger charge is 2.31. The molecule has 0 saturated carbocycles.